The first-order chi connectivity index (χ1) is 14.3. The summed E-state index contributed by atoms with van der Waals surface area (Å²) in [5, 5.41) is 14.8. The van der Waals surface area contributed by atoms with Crippen LogP contribution in [-0.4, -0.2) is 58.3 Å². The first-order valence-corrected chi connectivity index (χ1v) is 10.6. The molecule has 30 heavy (non-hydrogen) atoms. The summed E-state index contributed by atoms with van der Waals surface area (Å²) in [6.07, 6.45) is 10.0. The molecule has 0 radical (unpaired) electrons. The van der Waals surface area contributed by atoms with Crippen molar-refractivity contribution in [1.82, 2.24) is 30.3 Å². The molecule has 0 aromatic carbocycles. The number of nitrogens with one attached hydrogen (secondary N) is 2. The highest BCUT2D eigenvalue weighted by atomic mass is 127. The second kappa shape index (κ2) is 13.4. The maximum atomic E-state index is 5.73. The van der Waals surface area contributed by atoms with Gasteiger partial charge in [-0.3, -0.25) is 9.89 Å². The van der Waals surface area contributed by atoms with Gasteiger partial charge in [0.1, 0.15) is 17.9 Å². The lowest BCUT2D eigenvalue weighted by atomic mass is 10.1. The predicted molar refractivity (Wildman–Crippen MR) is 130 cm³/mol. The minimum Gasteiger partial charge on any atom is -0.468 e. The lowest BCUT2D eigenvalue weighted by molar-refractivity contribution is 0.150. The van der Waals surface area contributed by atoms with Gasteiger partial charge in [-0.2, -0.15) is 0 Å². The summed E-state index contributed by atoms with van der Waals surface area (Å²) in [6.45, 7) is 10.9. The smallest absolute Gasteiger partial charge is 0.191 e. The van der Waals surface area contributed by atoms with Crippen LogP contribution in [0.4, 0.5) is 0 Å². The van der Waals surface area contributed by atoms with Crippen LogP contribution in [0, 0.1) is 0 Å². The molecule has 0 spiro atoms. The number of aromatic nitrogens is 3. The van der Waals surface area contributed by atoms with Crippen LogP contribution in [0.25, 0.3) is 0 Å². The summed E-state index contributed by atoms with van der Waals surface area (Å²) in [5.74, 6) is 2.76. The Morgan fingerprint density at radius 3 is 2.87 bits per heavy atom. The zero-order chi connectivity index (χ0) is 20.3. The maximum absolute atomic E-state index is 5.73. The Morgan fingerprint density at radius 2 is 2.17 bits per heavy atom. The van der Waals surface area contributed by atoms with E-state index in [0.717, 1.165) is 50.1 Å². The minimum atomic E-state index is 0. The first kappa shape index (κ1) is 24.4. The fourth-order valence-corrected chi connectivity index (χ4v) is 3.65. The molecule has 0 amide bonds. The molecule has 1 unspecified atom stereocenters. The number of guanidine groups is 1. The third-order valence-corrected chi connectivity index (χ3v) is 5.20. The predicted octanol–water partition coefficient (Wildman–Crippen LogP) is 3.00. The van der Waals surface area contributed by atoms with Crippen LogP contribution >= 0.6 is 24.0 Å². The Balaban J connectivity index is 0.00000320. The van der Waals surface area contributed by atoms with E-state index < -0.39 is 0 Å². The van der Waals surface area contributed by atoms with Crippen molar-refractivity contribution in [3.8, 4) is 0 Å². The number of nitrogens with zero attached hydrogens (tertiary/aromatic N) is 5. The molecule has 3 rings (SSSR count). The molecule has 0 saturated carbocycles. The standard InChI is InChI=1S/C21H33N7O.HI/c1-3-10-22-21(23-11-14-28-17-25-26-20(28)4-2)24-16-18(19-9-8-15-29-19)27-12-6-5-7-13-27;/h3,8-9,15,17-18H,1,4-7,10-14,16H2,2H3,(H2,22,23,24);1H. The lowest BCUT2D eigenvalue weighted by Gasteiger charge is -2.32. The molecule has 9 heteroatoms. The highest BCUT2D eigenvalue weighted by molar-refractivity contribution is 14.0. The zero-order valence-electron chi connectivity index (χ0n) is 17.8. The van der Waals surface area contributed by atoms with Crippen LogP contribution in [0.15, 0.2) is 46.8 Å². The number of likely N-dealkylation sites (tertiary alicyclic amines) is 1. The second-order valence-electron chi connectivity index (χ2n) is 7.21. The summed E-state index contributed by atoms with van der Waals surface area (Å²) in [5.41, 5.74) is 0. The van der Waals surface area contributed by atoms with Crippen molar-refractivity contribution >= 4 is 29.9 Å². The molecule has 2 aromatic rings. The molecule has 1 saturated heterocycles. The maximum Gasteiger partial charge on any atom is 0.191 e. The van der Waals surface area contributed by atoms with E-state index in [1.165, 1.54) is 19.3 Å². The third-order valence-electron chi connectivity index (χ3n) is 5.20. The van der Waals surface area contributed by atoms with E-state index in [2.05, 4.69) is 49.9 Å². The van der Waals surface area contributed by atoms with Gasteiger partial charge in [0.05, 0.1) is 18.8 Å². The SMILES string of the molecule is C=CCNC(=NCC(c1ccco1)N1CCCCC1)NCCn1cnnc1CC.I. The minimum absolute atomic E-state index is 0. The highest BCUT2D eigenvalue weighted by Crippen LogP contribution is 2.25. The summed E-state index contributed by atoms with van der Waals surface area (Å²) in [7, 11) is 0. The Kier molecular flexibility index (Phi) is 10.9. The van der Waals surface area contributed by atoms with E-state index in [4.69, 9.17) is 9.41 Å². The molecule has 1 aliphatic rings. The van der Waals surface area contributed by atoms with E-state index in [1.54, 1.807) is 12.6 Å². The topological polar surface area (TPSA) is 83.5 Å². The molecular weight excluding hydrogens is 493 g/mol. The fraction of sp³-hybridized carbons (Fsp3) is 0.571. The Labute approximate surface area is 196 Å². The third kappa shape index (κ3) is 7.12. The van der Waals surface area contributed by atoms with Crippen molar-refractivity contribution in [3.05, 3.63) is 49.0 Å². The van der Waals surface area contributed by atoms with Crippen molar-refractivity contribution in [1.29, 1.82) is 0 Å². The van der Waals surface area contributed by atoms with E-state index in [1.807, 2.05) is 12.1 Å². The largest absolute Gasteiger partial charge is 0.468 e. The van der Waals surface area contributed by atoms with Crippen LogP contribution in [0.2, 0.25) is 0 Å². The number of rotatable bonds is 10. The van der Waals surface area contributed by atoms with Crippen molar-refractivity contribution in [3.63, 3.8) is 0 Å². The van der Waals surface area contributed by atoms with E-state index in [0.29, 0.717) is 13.1 Å². The Morgan fingerprint density at radius 1 is 1.33 bits per heavy atom. The van der Waals surface area contributed by atoms with Gasteiger partial charge in [-0.15, -0.1) is 40.8 Å². The summed E-state index contributed by atoms with van der Waals surface area (Å²) in [4.78, 5) is 7.35. The molecule has 3 heterocycles. The van der Waals surface area contributed by atoms with Crippen LogP contribution in [0.3, 0.4) is 0 Å². The molecule has 2 aromatic heterocycles. The van der Waals surface area contributed by atoms with Gasteiger partial charge >= 0.3 is 0 Å². The molecule has 1 aliphatic heterocycles. The van der Waals surface area contributed by atoms with Crippen LogP contribution in [0.1, 0.15) is 43.8 Å². The molecule has 1 fully saturated rings. The fourth-order valence-electron chi connectivity index (χ4n) is 3.65. The summed E-state index contributed by atoms with van der Waals surface area (Å²) in [6, 6.07) is 4.17. The number of hydrogen-bond acceptors (Lipinski definition) is 5. The van der Waals surface area contributed by atoms with Crippen LogP contribution < -0.4 is 10.6 Å². The molecular formula is C21H34IN7O. The average Bonchev–Trinajstić information content (AvgIpc) is 3.44. The van der Waals surface area contributed by atoms with Gasteiger partial charge in [-0.25, -0.2) is 0 Å². The molecule has 8 nitrogen and oxygen atoms in total. The lowest BCUT2D eigenvalue weighted by Crippen LogP contribution is -2.40. The molecule has 1 atom stereocenters. The quantitative estimate of drug-likeness (QED) is 0.214. The number of hydrogen-bond donors (Lipinski definition) is 2. The number of halogens is 1. The zero-order valence-corrected chi connectivity index (χ0v) is 20.1. The van der Waals surface area contributed by atoms with Crippen molar-refractivity contribution < 1.29 is 4.42 Å². The second-order valence-corrected chi connectivity index (χ2v) is 7.21. The van der Waals surface area contributed by atoms with Crippen LogP contribution in [-0.2, 0) is 13.0 Å². The monoisotopic (exact) mass is 527 g/mol. The van der Waals surface area contributed by atoms with E-state index in [-0.39, 0.29) is 30.0 Å². The number of piperidine rings is 1. The van der Waals surface area contributed by atoms with Gasteiger partial charge in [0.2, 0.25) is 0 Å². The molecule has 0 aliphatic carbocycles. The molecule has 0 bridgehead atoms. The van der Waals surface area contributed by atoms with Crippen molar-refractivity contribution in [2.75, 3.05) is 32.7 Å². The van der Waals surface area contributed by atoms with E-state index in [9.17, 15) is 0 Å². The average molecular weight is 527 g/mol. The Hall–Kier alpha value is -1.88. The van der Waals surface area contributed by atoms with Gasteiger partial charge in [0.25, 0.3) is 0 Å². The summed E-state index contributed by atoms with van der Waals surface area (Å²) < 4.78 is 7.80. The number of aryl methyl sites for hydroxylation is 1. The Bertz CT molecular complexity index is 753. The summed E-state index contributed by atoms with van der Waals surface area (Å²) >= 11 is 0. The molecule has 166 valence electrons. The van der Waals surface area contributed by atoms with Crippen molar-refractivity contribution in [2.45, 2.75) is 45.2 Å². The van der Waals surface area contributed by atoms with Crippen LogP contribution in [0.5, 0.6) is 0 Å². The highest BCUT2D eigenvalue weighted by Gasteiger charge is 2.24. The first-order valence-electron chi connectivity index (χ1n) is 10.6. The van der Waals surface area contributed by atoms with E-state index >= 15 is 0 Å². The van der Waals surface area contributed by atoms with Gasteiger partial charge in [-0.1, -0.05) is 19.4 Å². The molecule has 2 N–H and O–H groups in total. The normalized spacial score (nSPS) is 16.0. The number of furan rings is 1. The van der Waals surface area contributed by atoms with Gasteiger partial charge in [0, 0.05) is 26.1 Å². The van der Waals surface area contributed by atoms with Gasteiger partial charge < -0.3 is 19.6 Å². The number of aliphatic imine (C=N–C) groups is 1. The van der Waals surface area contributed by atoms with Gasteiger partial charge in [0.15, 0.2) is 5.96 Å². The van der Waals surface area contributed by atoms with Gasteiger partial charge in [-0.05, 0) is 38.1 Å². The van der Waals surface area contributed by atoms with Crippen molar-refractivity contribution in [2.24, 2.45) is 4.99 Å².